The Kier molecular flexibility index (Phi) is 6.16. The highest BCUT2D eigenvalue weighted by Crippen LogP contribution is 2.35. The van der Waals surface area contributed by atoms with Gasteiger partial charge in [0, 0.05) is 0 Å². The lowest BCUT2D eigenvalue weighted by atomic mass is 10.3. The van der Waals surface area contributed by atoms with Gasteiger partial charge in [0.2, 0.25) is 0 Å². The van der Waals surface area contributed by atoms with Crippen molar-refractivity contribution in [2.24, 2.45) is 0 Å². The molecule has 0 heterocycles. The van der Waals surface area contributed by atoms with Gasteiger partial charge < -0.3 is 10.2 Å². The van der Waals surface area contributed by atoms with Crippen LogP contribution in [0, 0.1) is 0 Å². The van der Waals surface area contributed by atoms with E-state index in [-0.39, 0.29) is 11.5 Å². The Morgan fingerprint density at radius 3 is 1.69 bits per heavy atom. The molecule has 1 aromatic rings. The van der Waals surface area contributed by atoms with Crippen molar-refractivity contribution in [3.8, 4) is 11.5 Å². The summed E-state index contributed by atoms with van der Waals surface area (Å²) >= 11 is 6.11. The molecule has 0 spiro atoms. The van der Waals surface area contributed by atoms with Gasteiger partial charge in [-0.15, -0.1) is 0 Å². The average Bonchev–Trinajstić information content (AvgIpc) is 2.01. The van der Waals surface area contributed by atoms with Crippen molar-refractivity contribution in [2.45, 2.75) is 20.3 Å². The lowest BCUT2D eigenvalue weighted by Gasteiger charge is -1.99. The highest BCUT2D eigenvalue weighted by molar-refractivity contribution is 9.11. The third-order valence-electron chi connectivity index (χ3n) is 1.00. The largest absolute Gasteiger partial charge is 0.508 e. The third-order valence-corrected chi connectivity index (χ3v) is 2.21. The summed E-state index contributed by atoms with van der Waals surface area (Å²) in [7, 11) is 0. The highest BCUT2D eigenvalue weighted by atomic mass is 79.9. The van der Waals surface area contributed by atoms with E-state index in [1.807, 2.05) is 0 Å². The van der Waals surface area contributed by atoms with Crippen LogP contribution in [-0.4, -0.2) is 10.2 Å². The molecule has 0 fully saturated rings. The molecule has 13 heavy (non-hydrogen) atoms. The standard InChI is InChI=1S/C6H4Br2O2.C3H8/c7-4-1-3(9)2-5(8)6(4)10;1-3-2/h1-2,9-10H;3H2,1-2H3. The zero-order valence-corrected chi connectivity index (χ0v) is 10.7. The van der Waals surface area contributed by atoms with E-state index >= 15 is 0 Å². The van der Waals surface area contributed by atoms with Crippen LogP contribution in [0.2, 0.25) is 0 Å². The van der Waals surface area contributed by atoms with E-state index in [1.54, 1.807) is 0 Å². The topological polar surface area (TPSA) is 40.5 Å². The monoisotopic (exact) mass is 310 g/mol. The number of halogens is 2. The van der Waals surface area contributed by atoms with E-state index in [4.69, 9.17) is 10.2 Å². The number of benzene rings is 1. The molecule has 0 amide bonds. The van der Waals surface area contributed by atoms with Crippen LogP contribution in [0.1, 0.15) is 20.3 Å². The Morgan fingerprint density at radius 1 is 1.08 bits per heavy atom. The van der Waals surface area contributed by atoms with Gasteiger partial charge in [-0.25, -0.2) is 0 Å². The smallest absolute Gasteiger partial charge is 0.144 e. The van der Waals surface area contributed by atoms with E-state index in [1.165, 1.54) is 18.6 Å². The van der Waals surface area contributed by atoms with Crippen LogP contribution in [0.25, 0.3) is 0 Å². The summed E-state index contributed by atoms with van der Waals surface area (Å²) in [6, 6.07) is 2.83. The van der Waals surface area contributed by atoms with E-state index < -0.39 is 0 Å². The molecule has 0 unspecified atom stereocenters. The maximum Gasteiger partial charge on any atom is 0.144 e. The third kappa shape index (κ3) is 4.52. The lowest BCUT2D eigenvalue weighted by molar-refractivity contribution is 0.454. The van der Waals surface area contributed by atoms with Crippen molar-refractivity contribution in [2.75, 3.05) is 0 Å². The summed E-state index contributed by atoms with van der Waals surface area (Å²) in [5.41, 5.74) is 0. The predicted octanol–water partition coefficient (Wildman–Crippen LogP) is 4.04. The first kappa shape index (κ1) is 12.8. The summed E-state index contributed by atoms with van der Waals surface area (Å²) in [6.07, 6.45) is 1.25. The Balaban J connectivity index is 0.000000424. The molecule has 0 saturated carbocycles. The average molecular weight is 312 g/mol. The first-order valence-electron chi connectivity index (χ1n) is 3.89. The zero-order valence-electron chi connectivity index (χ0n) is 7.51. The first-order chi connectivity index (χ1) is 6.02. The number of hydrogen-bond acceptors (Lipinski definition) is 2. The fourth-order valence-corrected chi connectivity index (χ4v) is 1.71. The molecule has 0 aliphatic heterocycles. The van der Waals surface area contributed by atoms with Crippen molar-refractivity contribution in [1.29, 1.82) is 0 Å². The van der Waals surface area contributed by atoms with Crippen LogP contribution in [0.15, 0.2) is 21.1 Å². The van der Waals surface area contributed by atoms with Gasteiger partial charge in [-0.3, -0.25) is 0 Å². The maximum absolute atomic E-state index is 9.13. The number of phenolic OH excluding ortho intramolecular Hbond substituents is 2. The zero-order chi connectivity index (χ0) is 10.4. The van der Waals surface area contributed by atoms with Crippen molar-refractivity contribution >= 4 is 31.9 Å². The summed E-state index contributed by atoms with van der Waals surface area (Å²) in [6.45, 7) is 4.25. The second-order valence-electron chi connectivity index (χ2n) is 2.47. The summed E-state index contributed by atoms with van der Waals surface area (Å²) < 4.78 is 0.943. The molecule has 2 nitrogen and oxygen atoms in total. The minimum Gasteiger partial charge on any atom is -0.508 e. The van der Waals surface area contributed by atoms with Crippen molar-refractivity contribution in [3.05, 3.63) is 21.1 Å². The molecular weight excluding hydrogens is 300 g/mol. The van der Waals surface area contributed by atoms with Crippen LogP contribution in [0.4, 0.5) is 0 Å². The van der Waals surface area contributed by atoms with E-state index in [9.17, 15) is 0 Å². The quantitative estimate of drug-likeness (QED) is 0.710. The lowest BCUT2D eigenvalue weighted by Crippen LogP contribution is -1.71. The Morgan fingerprint density at radius 2 is 1.38 bits per heavy atom. The van der Waals surface area contributed by atoms with Gasteiger partial charge in [0.05, 0.1) is 8.95 Å². The van der Waals surface area contributed by atoms with Crippen LogP contribution in [0.3, 0.4) is 0 Å². The van der Waals surface area contributed by atoms with E-state index in [0.717, 1.165) is 0 Å². The Bertz CT molecular complexity index is 251. The van der Waals surface area contributed by atoms with Gasteiger partial charge in [0.15, 0.2) is 0 Å². The second kappa shape index (κ2) is 6.27. The number of hydrogen-bond donors (Lipinski definition) is 2. The number of rotatable bonds is 0. The Labute approximate surface area is 94.9 Å². The molecule has 0 radical (unpaired) electrons. The fraction of sp³-hybridized carbons (Fsp3) is 0.333. The molecule has 1 rings (SSSR count). The van der Waals surface area contributed by atoms with E-state index in [0.29, 0.717) is 8.95 Å². The minimum atomic E-state index is 0.0952. The molecule has 4 heteroatoms. The molecule has 0 aromatic heterocycles. The Hall–Kier alpha value is -0.220. The SMILES string of the molecule is CCC.Oc1cc(Br)c(O)c(Br)c1. The van der Waals surface area contributed by atoms with Gasteiger partial charge >= 0.3 is 0 Å². The van der Waals surface area contributed by atoms with Crippen LogP contribution in [-0.2, 0) is 0 Å². The molecule has 0 aliphatic carbocycles. The van der Waals surface area contributed by atoms with E-state index in [2.05, 4.69) is 45.7 Å². The van der Waals surface area contributed by atoms with Crippen LogP contribution in [0.5, 0.6) is 11.5 Å². The summed E-state index contributed by atoms with van der Waals surface area (Å²) in [5, 5.41) is 18.1. The number of aromatic hydroxyl groups is 2. The predicted molar refractivity (Wildman–Crippen MR) is 61.1 cm³/mol. The van der Waals surface area contributed by atoms with Crippen molar-refractivity contribution in [3.63, 3.8) is 0 Å². The fourth-order valence-electron chi connectivity index (χ4n) is 0.552. The second-order valence-corrected chi connectivity index (χ2v) is 4.17. The first-order valence-corrected chi connectivity index (χ1v) is 5.48. The summed E-state index contributed by atoms with van der Waals surface area (Å²) in [4.78, 5) is 0. The van der Waals surface area contributed by atoms with Crippen LogP contribution < -0.4 is 0 Å². The normalized spacial score (nSPS) is 8.92. The van der Waals surface area contributed by atoms with Crippen molar-refractivity contribution in [1.82, 2.24) is 0 Å². The highest BCUT2D eigenvalue weighted by Gasteiger charge is 2.03. The van der Waals surface area contributed by atoms with Crippen LogP contribution >= 0.6 is 31.9 Å². The molecule has 0 atom stereocenters. The molecule has 74 valence electrons. The van der Waals surface area contributed by atoms with Gasteiger partial charge in [0.25, 0.3) is 0 Å². The van der Waals surface area contributed by atoms with Gasteiger partial charge in [-0.1, -0.05) is 20.3 Å². The molecule has 0 saturated heterocycles. The molecule has 1 aromatic carbocycles. The van der Waals surface area contributed by atoms with Gasteiger partial charge in [0.1, 0.15) is 11.5 Å². The summed E-state index contributed by atoms with van der Waals surface area (Å²) in [5.74, 6) is 0.203. The molecule has 0 aliphatic rings. The molecule has 2 N–H and O–H groups in total. The van der Waals surface area contributed by atoms with Crippen molar-refractivity contribution < 1.29 is 10.2 Å². The minimum absolute atomic E-state index is 0.0952. The number of phenols is 2. The maximum atomic E-state index is 9.13. The molecular formula is C9H12Br2O2. The molecule has 0 bridgehead atoms. The van der Waals surface area contributed by atoms with Gasteiger partial charge in [-0.05, 0) is 44.0 Å². The van der Waals surface area contributed by atoms with Gasteiger partial charge in [-0.2, -0.15) is 0 Å².